The maximum absolute atomic E-state index is 4.46. The van der Waals surface area contributed by atoms with Crippen molar-refractivity contribution in [2.45, 2.75) is 35.6 Å². The molecule has 0 aliphatic heterocycles. The van der Waals surface area contributed by atoms with Gasteiger partial charge in [0.1, 0.15) is 5.03 Å². The topological polar surface area (TPSA) is 42.7 Å². The van der Waals surface area contributed by atoms with Crippen LogP contribution in [0.4, 0.5) is 0 Å². The van der Waals surface area contributed by atoms with E-state index in [1.54, 1.807) is 18.0 Å². The van der Waals surface area contributed by atoms with Crippen LogP contribution in [0.15, 0.2) is 40.9 Å². The fourth-order valence-electron chi connectivity index (χ4n) is 1.67. The summed E-state index contributed by atoms with van der Waals surface area (Å²) in [5.41, 5.74) is 1.24. The first-order chi connectivity index (χ1) is 8.81. The molecule has 0 saturated heterocycles. The Labute approximate surface area is 111 Å². The van der Waals surface area contributed by atoms with Crippen LogP contribution in [0.3, 0.4) is 0 Å². The summed E-state index contributed by atoms with van der Waals surface area (Å²) in [7, 11) is 1.99. The second-order valence-electron chi connectivity index (χ2n) is 4.58. The zero-order valence-corrected chi connectivity index (χ0v) is 11.2. The standard InChI is InChI=1S/C13H16N4S/c1-17-7-6-14-13(17)18-12-5-2-10(9-16-12)8-15-11-3-4-11/h2,5-7,9,11,15H,3-4,8H2,1H3. The summed E-state index contributed by atoms with van der Waals surface area (Å²) in [6.07, 6.45) is 8.33. The molecular formula is C13H16N4S. The maximum Gasteiger partial charge on any atom is 0.174 e. The molecule has 1 aliphatic rings. The van der Waals surface area contributed by atoms with Crippen LogP contribution in [0.1, 0.15) is 18.4 Å². The van der Waals surface area contributed by atoms with Crippen molar-refractivity contribution in [3.05, 3.63) is 36.3 Å². The lowest BCUT2D eigenvalue weighted by Gasteiger charge is -2.04. The van der Waals surface area contributed by atoms with Gasteiger partial charge >= 0.3 is 0 Å². The molecule has 3 rings (SSSR count). The molecule has 0 aromatic carbocycles. The van der Waals surface area contributed by atoms with Gasteiger partial charge in [0.2, 0.25) is 0 Å². The van der Waals surface area contributed by atoms with E-state index in [4.69, 9.17) is 0 Å². The van der Waals surface area contributed by atoms with Crippen LogP contribution in [-0.4, -0.2) is 20.6 Å². The van der Waals surface area contributed by atoms with Gasteiger partial charge < -0.3 is 9.88 Å². The summed E-state index contributed by atoms with van der Waals surface area (Å²) < 4.78 is 1.99. The predicted molar refractivity (Wildman–Crippen MR) is 71.4 cm³/mol. The first-order valence-electron chi connectivity index (χ1n) is 6.15. The molecule has 0 atom stereocenters. The first kappa shape index (κ1) is 11.7. The first-order valence-corrected chi connectivity index (χ1v) is 6.96. The SMILES string of the molecule is Cn1ccnc1Sc1ccc(CNC2CC2)cn1. The average Bonchev–Trinajstić information content (AvgIpc) is 3.13. The average molecular weight is 260 g/mol. The second-order valence-corrected chi connectivity index (χ2v) is 5.57. The maximum atomic E-state index is 4.46. The van der Waals surface area contributed by atoms with Gasteiger partial charge in [-0.3, -0.25) is 0 Å². The van der Waals surface area contributed by atoms with Gasteiger partial charge in [0.25, 0.3) is 0 Å². The third kappa shape index (κ3) is 2.91. The van der Waals surface area contributed by atoms with Crippen molar-refractivity contribution < 1.29 is 0 Å². The number of hydrogen-bond acceptors (Lipinski definition) is 4. The highest BCUT2D eigenvalue weighted by Crippen LogP contribution is 2.24. The predicted octanol–water partition coefficient (Wildman–Crippen LogP) is 2.22. The Bertz CT molecular complexity index is 516. The summed E-state index contributed by atoms with van der Waals surface area (Å²) in [6.45, 7) is 0.922. The van der Waals surface area contributed by atoms with E-state index in [0.29, 0.717) is 0 Å². The van der Waals surface area contributed by atoms with Crippen LogP contribution < -0.4 is 5.32 Å². The van der Waals surface area contributed by atoms with E-state index in [9.17, 15) is 0 Å². The van der Waals surface area contributed by atoms with Crippen molar-refractivity contribution in [2.75, 3.05) is 0 Å². The molecule has 2 aromatic rings. The number of rotatable bonds is 5. The Balaban J connectivity index is 1.61. The molecule has 0 spiro atoms. The Morgan fingerprint density at radius 1 is 1.39 bits per heavy atom. The Morgan fingerprint density at radius 3 is 2.89 bits per heavy atom. The minimum Gasteiger partial charge on any atom is -0.329 e. The van der Waals surface area contributed by atoms with E-state index in [1.807, 2.05) is 24.0 Å². The summed E-state index contributed by atoms with van der Waals surface area (Å²) >= 11 is 1.59. The van der Waals surface area contributed by atoms with E-state index >= 15 is 0 Å². The molecule has 5 heteroatoms. The van der Waals surface area contributed by atoms with Gasteiger partial charge in [-0.25, -0.2) is 9.97 Å². The van der Waals surface area contributed by atoms with E-state index < -0.39 is 0 Å². The summed E-state index contributed by atoms with van der Waals surface area (Å²) in [5, 5.41) is 5.43. The van der Waals surface area contributed by atoms with Gasteiger partial charge in [0, 0.05) is 38.2 Å². The van der Waals surface area contributed by atoms with Crippen LogP contribution in [-0.2, 0) is 13.6 Å². The Kier molecular flexibility index (Phi) is 3.34. The van der Waals surface area contributed by atoms with Crippen LogP contribution >= 0.6 is 11.8 Å². The lowest BCUT2D eigenvalue weighted by Crippen LogP contribution is -2.15. The van der Waals surface area contributed by atoms with Crippen molar-refractivity contribution in [3.8, 4) is 0 Å². The highest BCUT2D eigenvalue weighted by atomic mass is 32.2. The quantitative estimate of drug-likeness (QED) is 0.895. The van der Waals surface area contributed by atoms with Gasteiger partial charge in [-0.1, -0.05) is 6.07 Å². The number of pyridine rings is 1. The van der Waals surface area contributed by atoms with Gasteiger partial charge in [0.05, 0.1) is 0 Å². The van der Waals surface area contributed by atoms with E-state index in [1.165, 1.54) is 18.4 Å². The largest absolute Gasteiger partial charge is 0.329 e. The van der Waals surface area contributed by atoms with Crippen molar-refractivity contribution in [1.29, 1.82) is 0 Å². The van der Waals surface area contributed by atoms with Gasteiger partial charge in [0.15, 0.2) is 5.16 Å². The van der Waals surface area contributed by atoms with Crippen molar-refractivity contribution >= 4 is 11.8 Å². The van der Waals surface area contributed by atoms with Gasteiger partial charge in [-0.15, -0.1) is 0 Å². The molecule has 1 N–H and O–H groups in total. The summed E-state index contributed by atoms with van der Waals surface area (Å²) in [4.78, 5) is 8.74. The van der Waals surface area contributed by atoms with Crippen molar-refractivity contribution in [2.24, 2.45) is 7.05 Å². The van der Waals surface area contributed by atoms with Crippen molar-refractivity contribution in [1.82, 2.24) is 19.9 Å². The third-order valence-corrected chi connectivity index (χ3v) is 3.97. The molecule has 1 fully saturated rings. The number of hydrogen-bond donors (Lipinski definition) is 1. The zero-order valence-electron chi connectivity index (χ0n) is 10.3. The molecule has 0 amide bonds. The number of nitrogens with zero attached hydrogens (tertiary/aromatic N) is 3. The molecule has 0 unspecified atom stereocenters. The lowest BCUT2D eigenvalue weighted by molar-refractivity contribution is 0.684. The zero-order chi connectivity index (χ0) is 12.4. The smallest absolute Gasteiger partial charge is 0.174 e. The van der Waals surface area contributed by atoms with E-state index in [2.05, 4.69) is 27.4 Å². The molecule has 94 valence electrons. The molecule has 2 aromatic heterocycles. The Morgan fingerprint density at radius 2 is 2.28 bits per heavy atom. The number of imidazole rings is 1. The molecule has 1 saturated carbocycles. The minimum atomic E-state index is 0.742. The molecule has 1 aliphatic carbocycles. The second kappa shape index (κ2) is 5.12. The monoisotopic (exact) mass is 260 g/mol. The van der Waals surface area contributed by atoms with Gasteiger partial charge in [-0.2, -0.15) is 0 Å². The highest BCUT2D eigenvalue weighted by molar-refractivity contribution is 7.99. The van der Waals surface area contributed by atoms with Crippen LogP contribution in [0.5, 0.6) is 0 Å². The third-order valence-electron chi connectivity index (χ3n) is 2.94. The Hall–Kier alpha value is -1.33. The number of aromatic nitrogens is 3. The molecule has 2 heterocycles. The van der Waals surface area contributed by atoms with Crippen molar-refractivity contribution in [3.63, 3.8) is 0 Å². The van der Waals surface area contributed by atoms with E-state index in [-0.39, 0.29) is 0 Å². The highest BCUT2D eigenvalue weighted by Gasteiger charge is 2.19. The molecule has 0 bridgehead atoms. The van der Waals surface area contributed by atoms with Gasteiger partial charge in [-0.05, 0) is 36.2 Å². The minimum absolute atomic E-state index is 0.742. The van der Waals surface area contributed by atoms with Crippen LogP contribution in [0.2, 0.25) is 0 Å². The fraction of sp³-hybridized carbons (Fsp3) is 0.385. The molecular weight excluding hydrogens is 244 g/mol. The summed E-state index contributed by atoms with van der Waals surface area (Å²) in [6, 6.07) is 4.93. The normalized spacial score (nSPS) is 14.9. The summed E-state index contributed by atoms with van der Waals surface area (Å²) in [5.74, 6) is 0. The molecule has 18 heavy (non-hydrogen) atoms. The number of aryl methyl sites for hydroxylation is 1. The van der Waals surface area contributed by atoms with Crippen LogP contribution in [0, 0.1) is 0 Å². The lowest BCUT2D eigenvalue weighted by atomic mass is 10.3. The molecule has 0 radical (unpaired) electrons. The fourth-order valence-corrected chi connectivity index (χ4v) is 2.42. The number of nitrogens with one attached hydrogen (secondary N) is 1. The van der Waals surface area contributed by atoms with Crippen LogP contribution in [0.25, 0.3) is 0 Å². The van der Waals surface area contributed by atoms with E-state index in [0.717, 1.165) is 22.8 Å². The molecule has 4 nitrogen and oxygen atoms in total.